The van der Waals surface area contributed by atoms with Crippen molar-refractivity contribution in [3.8, 4) is 5.75 Å². The van der Waals surface area contributed by atoms with E-state index in [1.165, 1.54) is 6.26 Å². The van der Waals surface area contributed by atoms with E-state index < -0.39 is 24.5 Å². The summed E-state index contributed by atoms with van der Waals surface area (Å²) in [5.74, 6) is -0.212. The minimum Gasteiger partial charge on any atom is -0.494 e. The number of hydrogen-bond acceptors (Lipinski definition) is 6. The van der Waals surface area contributed by atoms with Crippen LogP contribution in [0.4, 0.5) is 4.79 Å². The van der Waals surface area contributed by atoms with Gasteiger partial charge in [0.2, 0.25) is 0 Å². The van der Waals surface area contributed by atoms with E-state index in [-0.39, 0.29) is 12.1 Å². The smallest absolute Gasteiger partial charge is 0.338 e. The molecule has 0 bridgehead atoms. The number of furan rings is 1. The first-order chi connectivity index (χ1) is 12.6. The summed E-state index contributed by atoms with van der Waals surface area (Å²) in [4.78, 5) is 35.1. The second kappa shape index (κ2) is 9.87. The zero-order chi connectivity index (χ0) is 18.8. The van der Waals surface area contributed by atoms with E-state index in [0.717, 1.165) is 6.42 Å². The average Bonchev–Trinajstić information content (AvgIpc) is 3.17. The SMILES string of the molecule is CCCOc1ccc(C(=O)OCC(=O)NC(=O)NCc2ccco2)cc1. The number of ether oxygens (including phenoxy) is 2. The molecule has 2 rings (SSSR count). The van der Waals surface area contributed by atoms with Gasteiger partial charge < -0.3 is 19.2 Å². The molecule has 138 valence electrons. The van der Waals surface area contributed by atoms with E-state index in [9.17, 15) is 14.4 Å². The standard InChI is InChI=1S/C18H20N2O6/c1-2-9-24-14-7-5-13(6-8-14)17(22)26-12-16(21)20-18(23)19-11-15-4-3-10-25-15/h3-8,10H,2,9,11-12H2,1H3,(H2,19,20,21,23). The molecule has 1 heterocycles. The van der Waals surface area contributed by atoms with Gasteiger partial charge in [-0.15, -0.1) is 0 Å². The number of nitrogens with one attached hydrogen (secondary N) is 2. The molecule has 8 heteroatoms. The molecular weight excluding hydrogens is 340 g/mol. The number of imide groups is 1. The Hall–Kier alpha value is -3.29. The molecule has 0 spiro atoms. The van der Waals surface area contributed by atoms with Gasteiger partial charge in [0, 0.05) is 0 Å². The first kappa shape index (κ1) is 19.0. The maximum Gasteiger partial charge on any atom is 0.338 e. The lowest BCUT2D eigenvalue weighted by Gasteiger charge is -2.08. The fraction of sp³-hybridized carbons (Fsp3) is 0.278. The van der Waals surface area contributed by atoms with Crippen molar-refractivity contribution in [2.75, 3.05) is 13.2 Å². The van der Waals surface area contributed by atoms with Crippen LogP contribution in [-0.2, 0) is 16.1 Å². The highest BCUT2D eigenvalue weighted by atomic mass is 16.5. The Balaban J connectivity index is 1.70. The van der Waals surface area contributed by atoms with E-state index >= 15 is 0 Å². The summed E-state index contributed by atoms with van der Waals surface area (Å²) < 4.78 is 15.3. The van der Waals surface area contributed by atoms with Gasteiger partial charge in [-0.3, -0.25) is 10.1 Å². The number of carbonyl (C=O) groups excluding carboxylic acids is 3. The van der Waals surface area contributed by atoms with Crippen molar-refractivity contribution in [1.82, 2.24) is 10.6 Å². The van der Waals surface area contributed by atoms with Gasteiger partial charge >= 0.3 is 12.0 Å². The molecule has 2 aromatic rings. The van der Waals surface area contributed by atoms with Crippen LogP contribution < -0.4 is 15.4 Å². The highest BCUT2D eigenvalue weighted by Crippen LogP contribution is 2.13. The molecule has 1 aromatic heterocycles. The summed E-state index contributed by atoms with van der Waals surface area (Å²) in [6, 6.07) is 9.04. The molecule has 0 radical (unpaired) electrons. The Morgan fingerprint density at radius 2 is 1.88 bits per heavy atom. The second-order valence-electron chi connectivity index (χ2n) is 5.26. The van der Waals surface area contributed by atoms with Crippen LogP contribution in [0.2, 0.25) is 0 Å². The van der Waals surface area contributed by atoms with Gasteiger partial charge in [-0.25, -0.2) is 9.59 Å². The largest absolute Gasteiger partial charge is 0.494 e. The van der Waals surface area contributed by atoms with Gasteiger partial charge in [0.25, 0.3) is 5.91 Å². The summed E-state index contributed by atoms with van der Waals surface area (Å²) in [6.45, 7) is 2.15. The molecule has 0 aliphatic heterocycles. The zero-order valence-corrected chi connectivity index (χ0v) is 14.3. The highest BCUT2D eigenvalue weighted by molar-refractivity contribution is 5.97. The molecule has 0 aliphatic rings. The average molecular weight is 360 g/mol. The van der Waals surface area contributed by atoms with Gasteiger partial charge in [0.05, 0.1) is 25.0 Å². The maximum atomic E-state index is 11.9. The molecule has 0 unspecified atom stereocenters. The van der Waals surface area contributed by atoms with Crippen LogP contribution in [0.15, 0.2) is 47.1 Å². The van der Waals surface area contributed by atoms with Gasteiger partial charge in [-0.05, 0) is 42.8 Å². The van der Waals surface area contributed by atoms with Crippen molar-refractivity contribution in [2.24, 2.45) is 0 Å². The third kappa shape index (κ3) is 6.31. The maximum absolute atomic E-state index is 11.9. The number of hydrogen-bond donors (Lipinski definition) is 2. The topological polar surface area (TPSA) is 107 Å². The number of rotatable bonds is 8. The van der Waals surface area contributed by atoms with Crippen LogP contribution in [0.1, 0.15) is 29.5 Å². The predicted molar refractivity (Wildman–Crippen MR) is 91.6 cm³/mol. The summed E-state index contributed by atoms with van der Waals surface area (Å²) in [6.07, 6.45) is 2.36. The first-order valence-corrected chi connectivity index (χ1v) is 8.08. The third-order valence-corrected chi connectivity index (χ3v) is 3.15. The molecule has 8 nitrogen and oxygen atoms in total. The molecular formula is C18H20N2O6. The van der Waals surface area contributed by atoms with Gasteiger partial charge in [-0.1, -0.05) is 6.92 Å². The monoisotopic (exact) mass is 360 g/mol. The molecule has 0 saturated heterocycles. The lowest BCUT2D eigenvalue weighted by atomic mass is 10.2. The Morgan fingerprint density at radius 3 is 2.54 bits per heavy atom. The summed E-state index contributed by atoms with van der Waals surface area (Å²) in [5.41, 5.74) is 0.281. The van der Waals surface area contributed by atoms with Gasteiger partial charge in [-0.2, -0.15) is 0 Å². The lowest BCUT2D eigenvalue weighted by Crippen LogP contribution is -2.41. The van der Waals surface area contributed by atoms with Crippen molar-refractivity contribution in [2.45, 2.75) is 19.9 Å². The highest BCUT2D eigenvalue weighted by Gasteiger charge is 2.12. The number of amides is 3. The van der Waals surface area contributed by atoms with Gasteiger partial charge in [0.1, 0.15) is 11.5 Å². The molecule has 2 N–H and O–H groups in total. The molecule has 26 heavy (non-hydrogen) atoms. The summed E-state index contributed by atoms with van der Waals surface area (Å²) >= 11 is 0. The van der Waals surface area contributed by atoms with E-state index in [1.54, 1.807) is 36.4 Å². The molecule has 0 saturated carbocycles. The third-order valence-electron chi connectivity index (χ3n) is 3.15. The quantitative estimate of drug-likeness (QED) is 0.699. The van der Waals surface area contributed by atoms with Crippen LogP contribution in [0, 0.1) is 0 Å². The van der Waals surface area contributed by atoms with E-state index in [2.05, 4.69) is 10.6 Å². The van der Waals surface area contributed by atoms with Crippen LogP contribution in [0.3, 0.4) is 0 Å². The Morgan fingerprint density at radius 1 is 1.12 bits per heavy atom. The molecule has 1 aromatic carbocycles. The van der Waals surface area contributed by atoms with Crippen molar-refractivity contribution in [3.63, 3.8) is 0 Å². The summed E-state index contributed by atoms with van der Waals surface area (Å²) in [7, 11) is 0. The Labute approximate surface area is 150 Å². The van der Waals surface area contributed by atoms with Crippen molar-refractivity contribution < 1.29 is 28.3 Å². The molecule has 0 atom stereocenters. The van der Waals surface area contributed by atoms with Crippen LogP contribution in [0.25, 0.3) is 0 Å². The minimum absolute atomic E-state index is 0.137. The number of urea groups is 1. The summed E-state index contributed by atoms with van der Waals surface area (Å²) in [5, 5.41) is 4.49. The number of benzene rings is 1. The van der Waals surface area contributed by atoms with Crippen molar-refractivity contribution in [1.29, 1.82) is 0 Å². The van der Waals surface area contributed by atoms with E-state index in [0.29, 0.717) is 18.1 Å². The van der Waals surface area contributed by atoms with Crippen molar-refractivity contribution >= 4 is 17.9 Å². The fourth-order valence-electron chi connectivity index (χ4n) is 1.91. The van der Waals surface area contributed by atoms with Crippen LogP contribution in [0.5, 0.6) is 5.75 Å². The van der Waals surface area contributed by atoms with Crippen LogP contribution >= 0.6 is 0 Å². The lowest BCUT2D eigenvalue weighted by molar-refractivity contribution is -0.123. The number of esters is 1. The van der Waals surface area contributed by atoms with E-state index in [1.807, 2.05) is 6.92 Å². The van der Waals surface area contributed by atoms with E-state index in [4.69, 9.17) is 13.9 Å². The fourth-order valence-corrected chi connectivity index (χ4v) is 1.91. The normalized spacial score (nSPS) is 10.0. The first-order valence-electron chi connectivity index (χ1n) is 8.08. The van der Waals surface area contributed by atoms with Gasteiger partial charge in [0.15, 0.2) is 6.61 Å². The Kier molecular flexibility index (Phi) is 7.23. The number of carbonyl (C=O) groups is 3. The Bertz CT molecular complexity index is 725. The zero-order valence-electron chi connectivity index (χ0n) is 14.3. The molecule has 0 aliphatic carbocycles. The molecule has 0 fully saturated rings. The molecule has 3 amide bonds. The van der Waals surface area contributed by atoms with Crippen LogP contribution in [-0.4, -0.2) is 31.1 Å². The second-order valence-corrected chi connectivity index (χ2v) is 5.26. The predicted octanol–water partition coefficient (Wildman–Crippen LogP) is 2.25. The minimum atomic E-state index is -0.738. The van der Waals surface area contributed by atoms with Crippen molar-refractivity contribution in [3.05, 3.63) is 54.0 Å².